The van der Waals surface area contributed by atoms with Crippen LogP contribution in [0.2, 0.25) is 0 Å². The van der Waals surface area contributed by atoms with Crippen LogP contribution < -0.4 is 0 Å². The number of benzene rings is 2. The van der Waals surface area contributed by atoms with Gasteiger partial charge < -0.3 is 9.88 Å². The second-order valence-corrected chi connectivity index (χ2v) is 7.79. The van der Waals surface area contributed by atoms with Gasteiger partial charge in [0.15, 0.2) is 0 Å². The number of para-hydroxylation sites is 1. The van der Waals surface area contributed by atoms with E-state index in [0.29, 0.717) is 5.92 Å². The van der Waals surface area contributed by atoms with Crippen LogP contribution in [-0.4, -0.2) is 39.1 Å². The van der Waals surface area contributed by atoms with E-state index in [2.05, 4.69) is 39.4 Å². The van der Waals surface area contributed by atoms with Crippen molar-refractivity contribution in [2.75, 3.05) is 13.1 Å². The molecule has 1 saturated heterocycles. The summed E-state index contributed by atoms with van der Waals surface area (Å²) >= 11 is 0. The lowest BCUT2D eigenvalue weighted by Gasteiger charge is -2.32. The molecule has 1 aliphatic rings. The Labute approximate surface area is 169 Å². The third kappa shape index (κ3) is 3.44. The molecule has 0 radical (unpaired) electrons. The fourth-order valence-electron chi connectivity index (χ4n) is 4.42. The standard InChI is InChI=1S/C24H24N4O/c29-24(21-16-25-22-9-5-4-8-20(21)22)28-12-10-18(11-13-28)23-19(15-26-27-23)14-17-6-2-1-3-7-17/h1-9,15-16,18,25H,10-14H2,(H,26,27). The van der Waals surface area contributed by atoms with Crippen LogP contribution in [0, 0.1) is 0 Å². The molecule has 1 aliphatic heterocycles. The molecule has 0 atom stereocenters. The van der Waals surface area contributed by atoms with Crippen LogP contribution in [0.5, 0.6) is 0 Å². The zero-order valence-corrected chi connectivity index (χ0v) is 16.3. The maximum Gasteiger partial charge on any atom is 0.256 e. The van der Waals surface area contributed by atoms with Gasteiger partial charge in [0.25, 0.3) is 5.91 Å². The number of carbonyl (C=O) groups is 1. The third-order valence-electron chi connectivity index (χ3n) is 6.00. The topological polar surface area (TPSA) is 64.8 Å². The summed E-state index contributed by atoms with van der Waals surface area (Å²) < 4.78 is 0. The van der Waals surface area contributed by atoms with Gasteiger partial charge in [0.2, 0.25) is 0 Å². The molecule has 146 valence electrons. The quantitative estimate of drug-likeness (QED) is 0.544. The number of piperidine rings is 1. The highest BCUT2D eigenvalue weighted by atomic mass is 16.2. The molecule has 0 aliphatic carbocycles. The zero-order valence-electron chi connectivity index (χ0n) is 16.3. The van der Waals surface area contributed by atoms with Crippen molar-refractivity contribution in [1.82, 2.24) is 20.1 Å². The molecular weight excluding hydrogens is 360 g/mol. The number of H-pyrrole nitrogens is 2. The van der Waals surface area contributed by atoms with Crippen molar-refractivity contribution < 1.29 is 4.79 Å². The monoisotopic (exact) mass is 384 g/mol. The van der Waals surface area contributed by atoms with Crippen LogP contribution in [0.1, 0.15) is 45.9 Å². The van der Waals surface area contributed by atoms with E-state index in [1.165, 1.54) is 16.8 Å². The number of aromatic nitrogens is 3. The minimum Gasteiger partial charge on any atom is -0.360 e. The lowest BCUT2D eigenvalue weighted by Crippen LogP contribution is -2.38. The summed E-state index contributed by atoms with van der Waals surface area (Å²) in [7, 11) is 0. The zero-order chi connectivity index (χ0) is 19.6. The van der Waals surface area contributed by atoms with Gasteiger partial charge in [0, 0.05) is 48.2 Å². The number of likely N-dealkylation sites (tertiary alicyclic amines) is 1. The van der Waals surface area contributed by atoms with E-state index in [1.54, 1.807) is 0 Å². The first-order valence-corrected chi connectivity index (χ1v) is 10.2. The second-order valence-electron chi connectivity index (χ2n) is 7.79. The molecule has 1 amide bonds. The molecule has 5 rings (SSSR count). The van der Waals surface area contributed by atoms with E-state index in [9.17, 15) is 4.79 Å². The number of rotatable bonds is 4. The average Bonchev–Trinajstić information content (AvgIpc) is 3.41. The smallest absolute Gasteiger partial charge is 0.256 e. The molecule has 5 heteroatoms. The Hall–Kier alpha value is -3.34. The van der Waals surface area contributed by atoms with Gasteiger partial charge in [0.05, 0.1) is 11.8 Å². The first-order chi connectivity index (χ1) is 14.3. The van der Waals surface area contributed by atoms with E-state index >= 15 is 0 Å². The lowest BCUT2D eigenvalue weighted by molar-refractivity contribution is 0.0714. The van der Waals surface area contributed by atoms with E-state index in [4.69, 9.17) is 0 Å². The summed E-state index contributed by atoms with van der Waals surface area (Å²) in [6.07, 6.45) is 6.59. The summed E-state index contributed by atoms with van der Waals surface area (Å²) in [6.45, 7) is 1.54. The molecule has 0 unspecified atom stereocenters. The Morgan fingerprint density at radius 2 is 1.79 bits per heavy atom. The number of hydrogen-bond donors (Lipinski definition) is 2. The van der Waals surface area contributed by atoms with Crippen molar-refractivity contribution in [2.24, 2.45) is 0 Å². The molecule has 4 aromatic rings. The van der Waals surface area contributed by atoms with Gasteiger partial charge in [-0.15, -0.1) is 0 Å². The van der Waals surface area contributed by atoms with Crippen LogP contribution in [-0.2, 0) is 6.42 Å². The number of aromatic amines is 2. The van der Waals surface area contributed by atoms with Gasteiger partial charge in [-0.05, 0) is 30.0 Å². The van der Waals surface area contributed by atoms with Gasteiger partial charge in [-0.3, -0.25) is 9.89 Å². The van der Waals surface area contributed by atoms with Crippen molar-refractivity contribution in [1.29, 1.82) is 0 Å². The molecule has 1 fully saturated rings. The Morgan fingerprint density at radius 1 is 1.03 bits per heavy atom. The van der Waals surface area contributed by atoms with Crippen LogP contribution in [0.3, 0.4) is 0 Å². The number of carbonyl (C=O) groups excluding carboxylic acids is 1. The van der Waals surface area contributed by atoms with Crippen LogP contribution in [0.25, 0.3) is 10.9 Å². The van der Waals surface area contributed by atoms with Crippen molar-refractivity contribution in [3.05, 3.63) is 89.4 Å². The predicted molar refractivity (Wildman–Crippen MR) is 114 cm³/mol. The lowest BCUT2D eigenvalue weighted by atomic mass is 9.89. The summed E-state index contributed by atoms with van der Waals surface area (Å²) in [5, 5.41) is 8.54. The predicted octanol–water partition coefficient (Wildman–Crippen LogP) is 4.50. The van der Waals surface area contributed by atoms with E-state index in [1.807, 2.05) is 47.6 Å². The van der Waals surface area contributed by atoms with E-state index < -0.39 is 0 Å². The summed E-state index contributed by atoms with van der Waals surface area (Å²) in [5.74, 6) is 0.540. The molecular formula is C24H24N4O. The molecule has 2 aromatic carbocycles. The minimum absolute atomic E-state index is 0.120. The molecule has 0 saturated carbocycles. The summed E-state index contributed by atoms with van der Waals surface area (Å²) in [5.41, 5.74) is 5.56. The van der Waals surface area contributed by atoms with Crippen molar-refractivity contribution in [2.45, 2.75) is 25.2 Å². The molecule has 2 aromatic heterocycles. The van der Waals surface area contributed by atoms with E-state index in [-0.39, 0.29) is 5.91 Å². The van der Waals surface area contributed by atoms with Crippen LogP contribution in [0.4, 0.5) is 0 Å². The number of nitrogens with zero attached hydrogens (tertiary/aromatic N) is 2. The highest BCUT2D eigenvalue weighted by Gasteiger charge is 2.27. The SMILES string of the molecule is O=C(c1c[nH]c2ccccc12)N1CCC(c2[nH]ncc2Cc2ccccc2)CC1. The highest BCUT2D eigenvalue weighted by Crippen LogP contribution is 2.31. The van der Waals surface area contributed by atoms with Gasteiger partial charge in [-0.1, -0.05) is 48.5 Å². The number of nitrogens with one attached hydrogen (secondary N) is 2. The fraction of sp³-hybridized carbons (Fsp3) is 0.250. The molecule has 3 heterocycles. The normalized spacial score (nSPS) is 15.1. The summed E-state index contributed by atoms with van der Waals surface area (Å²) in [4.78, 5) is 18.3. The number of fused-ring (bicyclic) bond motifs is 1. The Morgan fingerprint density at radius 3 is 2.62 bits per heavy atom. The van der Waals surface area contributed by atoms with Gasteiger partial charge in [-0.2, -0.15) is 5.10 Å². The summed E-state index contributed by atoms with van der Waals surface area (Å²) in [6, 6.07) is 18.5. The second kappa shape index (κ2) is 7.59. The molecule has 2 N–H and O–H groups in total. The molecule has 5 nitrogen and oxygen atoms in total. The molecule has 29 heavy (non-hydrogen) atoms. The average molecular weight is 384 g/mol. The van der Waals surface area contributed by atoms with Crippen LogP contribution >= 0.6 is 0 Å². The minimum atomic E-state index is 0.120. The molecule has 0 spiro atoms. The highest BCUT2D eigenvalue weighted by molar-refractivity contribution is 6.06. The van der Waals surface area contributed by atoms with E-state index in [0.717, 1.165) is 48.8 Å². The van der Waals surface area contributed by atoms with Gasteiger partial charge in [-0.25, -0.2) is 0 Å². The maximum atomic E-state index is 13.1. The maximum absolute atomic E-state index is 13.1. The Kier molecular flexibility index (Phi) is 4.64. The first-order valence-electron chi connectivity index (χ1n) is 10.2. The first kappa shape index (κ1) is 17.7. The van der Waals surface area contributed by atoms with Crippen molar-refractivity contribution in [3.8, 4) is 0 Å². The number of amides is 1. The van der Waals surface area contributed by atoms with Gasteiger partial charge >= 0.3 is 0 Å². The van der Waals surface area contributed by atoms with Gasteiger partial charge in [0.1, 0.15) is 0 Å². The van der Waals surface area contributed by atoms with Crippen molar-refractivity contribution >= 4 is 16.8 Å². The Bertz CT molecular complexity index is 1120. The largest absolute Gasteiger partial charge is 0.360 e. The number of hydrogen-bond acceptors (Lipinski definition) is 2. The third-order valence-corrected chi connectivity index (χ3v) is 6.00. The fourth-order valence-corrected chi connectivity index (χ4v) is 4.42. The molecule has 0 bridgehead atoms. The van der Waals surface area contributed by atoms with Crippen molar-refractivity contribution in [3.63, 3.8) is 0 Å². The Balaban J connectivity index is 1.28. The van der Waals surface area contributed by atoms with Crippen LogP contribution in [0.15, 0.2) is 67.0 Å².